The van der Waals surface area contributed by atoms with Crippen LogP contribution in [0.4, 0.5) is 0 Å². The van der Waals surface area contributed by atoms with Crippen LogP contribution in [-0.4, -0.2) is 0 Å². The van der Waals surface area contributed by atoms with E-state index in [0.717, 1.165) is 59.2 Å². The molecule has 9 aliphatic carbocycles. The van der Waals surface area contributed by atoms with Gasteiger partial charge < -0.3 is 0 Å². The first-order valence-corrected chi connectivity index (χ1v) is 35.5. The molecule has 0 aromatic rings. The maximum Gasteiger partial charge on any atom is -0.0360 e. The minimum Gasteiger partial charge on any atom is -0.0683 e. The van der Waals surface area contributed by atoms with Gasteiger partial charge in [0.05, 0.1) is 0 Å². The van der Waals surface area contributed by atoms with Gasteiger partial charge in [0.15, 0.2) is 0 Å². The molecule has 9 rings (SSSR count). The van der Waals surface area contributed by atoms with Crippen molar-refractivity contribution in [1.82, 2.24) is 0 Å². The second kappa shape index (κ2) is 49.3. The minimum absolute atomic E-state index is 1.00. The third-order valence-corrected chi connectivity index (χ3v) is 20.4. The van der Waals surface area contributed by atoms with Gasteiger partial charge >= 0.3 is 0 Å². The van der Waals surface area contributed by atoms with Crippen LogP contribution in [0.3, 0.4) is 0 Å². The van der Waals surface area contributed by atoms with Crippen molar-refractivity contribution in [2.24, 2.45) is 59.2 Å². The zero-order chi connectivity index (χ0) is 52.0. The summed E-state index contributed by atoms with van der Waals surface area (Å²) in [7, 11) is 0. The predicted molar refractivity (Wildman–Crippen MR) is 330 cm³/mol. The van der Waals surface area contributed by atoms with E-state index < -0.39 is 0 Å². The molecule has 0 heteroatoms. The Morgan fingerprint density at radius 2 is 0.375 bits per heavy atom. The first kappa shape index (κ1) is 68.1. The van der Waals surface area contributed by atoms with E-state index in [0.29, 0.717) is 0 Å². The Balaban J connectivity index is 0.000000301. The summed E-state index contributed by atoms with van der Waals surface area (Å²) in [5.41, 5.74) is 0. The SMILES string of the molecule is C1CCC1.C1CCCCCCCCC1.C1CCCCCCCCC1.CC.CC.CC1CCCC(C2CCCCCC[C@H]2C)CCC1.CC1CCCCCC(C2CCC2)C1.CC1CCCCCC(C2CCC2)C1. The van der Waals surface area contributed by atoms with Gasteiger partial charge in [-0.15, -0.1) is 0 Å². The van der Waals surface area contributed by atoms with Gasteiger partial charge in [0, 0.05) is 0 Å². The minimum atomic E-state index is 1.00. The van der Waals surface area contributed by atoms with E-state index in [4.69, 9.17) is 0 Å². The van der Waals surface area contributed by atoms with Crippen molar-refractivity contribution in [3.05, 3.63) is 0 Å². The highest BCUT2D eigenvalue weighted by Gasteiger charge is 2.30. The van der Waals surface area contributed by atoms with Crippen LogP contribution < -0.4 is 0 Å². The summed E-state index contributed by atoms with van der Waals surface area (Å²) in [5.74, 6) is 10.7. The van der Waals surface area contributed by atoms with E-state index in [1.54, 1.807) is 70.6 Å². The molecular formula is C72H142. The molecule has 430 valence electrons. The third-order valence-electron chi connectivity index (χ3n) is 20.4. The molecule has 72 heavy (non-hydrogen) atoms. The molecule has 0 heterocycles. The fraction of sp³-hybridized carbons (Fsp3) is 1.00. The van der Waals surface area contributed by atoms with E-state index in [1.807, 2.05) is 27.7 Å². The molecule has 9 aliphatic rings. The maximum atomic E-state index is 2.55. The Labute approximate surface area is 459 Å². The molecule has 0 radical (unpaired) electrons. The van der Waals surface area contributed by atoms with Gasteiger partial charge in [-0.2, -0.15) is 0 Å². The molecule has 0 aromatic carbocycles. The van der Waals surface area contributed by atoms with E-state index in [1.165, 1.54) is 276 Å². The average molecular weight is 1010 g/mol. The third kappa shape index (κ3) is 35.4. The number of hydrogen-bond donors (Lipinski definition) is 0. The van der Waals surface area contributed by atoms with Crippen molar-refractivity contribution in [1.29, 1.82) is 0 Å². The number of rotatable bonds is 3. The van der Waals surface area contributed by atoms with Crippen LogP contribution in [0.15, 0.2) is 0 Å². The van der Waals surface area contributed by atoms with E-state index in [9.17, 15) is 0 Å². The predicted octanol–water partition coefficient (Wildman–Crippen LogP) is 26.4. The molecule has 9 saturated carbocycles. The smallest absolute Gasteiger partial charge is 0.0360 e. The molecule has 0 bridgehead atoms. The van der Waals surface area contributed by atoms with Crippen LogP contribution in [0, 0.1) is 59.2 Å². The molecule has 9 fully saturated rings. The second-order valence-electron chi connectivity index (χ2n) is 26.7. The Morgan fingerprint density at radius 3 is 0.681 bits per heavy atom. The van der Waals surface area contributed by atoms with Gasteiger partial charge in [0.2, 0.25) is 0 Å². The molecule has 5 unspecified atom stereocenters. The van der Waals surface area contributed by atoms with Crippen LogP contribution in [0.1, 0.15) is 402 Å². The fourth-order valence-corrected chi connectivity index (χ4v) is 14.7. The van der Waals surface area contributed by atoms with Gasteiger partial charge in [0.1, 0.15) is 0 Å². The van der Waals surface area contributed by atoms with E-state index in [-0.39, 0.29) is 0 Å². The van der Waals surface area contributed by atoms with Crippen molar-refractivity contribution in [3.8, 4) is 0 Å². The Bertz CT molecular complexity index is 925. The monoisotopic (exact) mass is 1010 g/mol. The fourth-order valence-electron chi connectivity index (χ4n) is 14.7. The lowest BCUT2D eigenvalue weighted by molar-refractivity contribution is 0.153. The zero-order valence-corrected chi connectivity index (χ0v) is 52.0. The summed E-state index contributed by atoms with van der Waals surface area (Å²) in [4.78, 5) is 0. The van der Waals surface area contributed by atoms with Crippen molar-refractivity contribution in [3.63, 3.8) is 0 Å². The van der Waals surface area contributed by atoms with Gasteiger partial charge in [-0.3, -0.25) is 0 Å². The van der Waals surface area contributed by atoms with Crippen LogP contribution >= 0.6 is 0 Å². The summed E-state index contributed by atoms with van der Waals surface area (Å²) in [6.07, 6.45) is 81.7. The largest absolute Gasteiger partial charge is 0.0683 e. The quantitative estimate of drug-likeness (QED) is 0.264. The van der Waals surface area contributed by atoms with Crippen LogP contribution in [-0.2, 0) is 0 Å². The first-order valence-electron chi connectivity index (χ1n) is 35.5. The van der Waals surface area contributed by atoms with E-state index >= 15 is 0 Å². The average Bonchev–Trinajstić information content (AvgIpc) is 3.32. The molecule has 0 spiro atoms. The molecule has 0 aromatic heterocycles. The molecule has 6 atom stereocenters. The Morgan fingerprint density at radius 1 is 0.167 bits per heavy atom. The second-order valence-corrected chi connectivity index (χ2v) is 26.7. The molecule has 0 amide bonds. The number of hydrogen-bond acceptors (Lipinski definition) is 0. The Kier molecular flexibility index (Phi) is 46.6. The highest BCUT2D eigenvalue weighted by Crippen LogP contribution is 2.43. The summed E-state index contributed by atoms with van der Waals surface area (Å²) in [6.45, 7) is 17.9. The van der Waals surface area contributed by atoms with Gasteiger partial charge in [-0.1, -0.05) is 383 Å². The lowest BCUT2D eigenvalue weighted by Gasteiger charge is -2.36. The topological polar surface area (TPSA) is 0 Å². The molecule has 0 aliphatic heterocycles. The lowest BCUT2D eigenvalue weighted by atomic mass is 9.69. The summed E-state index contributed by atoms with van der Waals surface area (Å²) >= 11 is 0. The highest BCUT2D eigenvalue weighted by atomic mass is 14.4. The van der Waals surface area contributed by atoms with Gasteiger partial charge in [-0.25, -0.2) is 0 Å². The molecular weight excluding hydrogens is 865 g/mol. The molecule has 0 saturated heterocycles. The van der Waals surface area contributed by atoms with Crippen LogP contribution in [0.5, 0.6) is 0 Å². The van der Waals surface area contributed by atoms with Crippen molar-refractivity contribution >= 4 is 0 Å². The summed E-state index contributed by atoms with van der Waals surface area (Å²) < 4.78 is 0. The Hall–Kier alpha value is 0. The van der Waals surface area contributed by atoms with Crippen LogP contribution in [0.2, 0.25) is 0 Å². The first-order chi connectivity index (χ1) is 35.5. The molecule has 0 nitrogen and oxygen atoms in total. The summed E-state index contributed by atoms with van der Waals surface area (Å²) in [5, 5.41) is 0. The zero-order valence-electron chi connectivity index (χ0n) is 52.0. The maximum absolute atomic E-state index is 2.55. The van der Waals surface area contributed by atoms with E-state index in [2.05, 4.69) is 27.7 Å². The normalized spacial score (nSPS) is 31.8. The molecule has 0 N–H and O–H groups in total. The van der Waals surface area contributed by atoms with Crippen LogP contribution in [0.25, 0.3) is 0 Å². The van der Waals surface area contributed by atoms with Crippen molar-refractivity contribution < 1.29 is 0 Å². The van der Waals surface area contributed by atoms with Gasteiger partial charge in [-0.05, 0) is 78.4 Å². The van der Waals surface area contributed by atoms with Gasteiger partial charge in [0.25, 0.3) is 0 Å². The highest BCUT2D eigenvalue weighted by molar-refractivity contribution is 4.82. The summed E-state index contributed by atoms with van der Waals surface area (Å²) in [6, 6.07) is 0. The van der Waals surface area contributed by atoms with Crippen molar-refractivity contribution in [2.75, 3.05) is 0 Å². The van der Waals surface area contributed by atoms with Crippen molar-refractivity contribution in [2.45, 2.75) is 402 Å². The standard InChI is InChI=1S/C18H34.2C13H24.2C10H20.C4H8.2C2H6/c1-15-9-7-12-17(13-8-10-15)18-14-6-4-3-5-11-16(18)2;2*1-11-6-3-2-4-7-13(10-11)12-8-5-9-12;2*1-2-4-6-8-10-9-7-5-3-1;1-2-4-3-1;2*1-2/h15-18H,3-14H2,1-2H3;2*11-13H,2-10H2,1H3;2*1-10H2;1-4H2;2*1-2H3/t15?,16-,17?,18?;;;;;;;/m1......./s1. The lowest BCUT2D eigenvalue weighted by Crippen LogP contribution is -2.24.